The van der Waals surface area contributed by atoms with Crippen LogP contribution in [0.25, 0.3) is 6.08 Å². The van der Waals surface area contributed by atoms with E-state index in [9.17, 15) is 5.11 Å². The van der Waals surface area contributed by atoms with Crippen molar-refractivity contribution in [2.75, 3.05) is 7.11 Å². The first kappa shape index (κ1) is 12.9. The van der Waals surface area contributed by atoms with Gasteiger partial charge in [0.05, 0.1) is 0 Å². The van der Waals surface area contributed by atoms with Crippen LogP contribution in [0.3, 0.4) is 0 Å². The molecule has 0 aliphatic rings. The molecule has 0 spiro atoms. The Labute approximate surface area is 97.6 Å². The van der Waals surface area contributed by atoms with Crippen molar-refractivity contribution in [1.82, 2.24) is 0 Å². The van der Waals surface area contributed by atoms with Crippen LogP contribution in [0, 0.1) is 12.0 Å². The summed E-state index contributed by atoms with van der Waals surface area (Å²) in [6, 6.07) is 11.0. The second-order valence-corrected chi connectivity index (χ2v) is 3.90. The van der Waals surface area contributed by atoms with E-state index in [1.165, 1.54) is 7.11 Å². The van der Waals surface area contributed by atoms with E-state index < -0.39 is 6.29 Å². The van der Waals surface area contributed by atoms with E-state index in [1.807, 2.05) is 30.3 Å². The Morgan fingerprint density at radius 2 is 2.25 bits per heavy atom. The van der Waals surface area contributed by atoms with E-state index in [1.54, 1.807) is 0 Å². The standard InChI is InChI=1S/C14H18O2/c1-12(9-11-14(15)16-2)8-10-13-6-4-3-5-7-13/h3-6,8,10,12,14H,9,11H2,1-2H3. The SMILES string of the molecule is COC([O])CCC(C)C=Cc1[c]cccc1. The minimum atomic E-state index is -0.890. The van der Waals surface area contributed by atoms with Gasteiger partial charge in [-0.3, -0.25) is 0 Å². The van der Waals surface area contributed by atoms with E-state index in [2.05, 4.69) is 23.8 Å². The number of rotatable bonds is 6. The quantitative estimate of drug-likeness (QED) is 0.673. The van der Waals surface area contributed by atoms with Gasteiger partial charge in [-0.1, -0.05) is 43.3 Å². The van der Waals surface area contributed by atoms with Crippen LogP contribution in [0.2, 0.25) is 0 Å². The lowest BCUT2D eigenvalue weighted by molar-refractivity contribution is -0.124. The molecule has 0 saturated heterocycles. The molecular weight excluding hydrogens is 200 g/mol. The van der Waals surface area contributed by atoms with Crippen LogP contribution in [0.1, 0.15) is 25.3 Å². The Kier molecular flexibility index (Phi) is 5.83. The van der Waals surface area contributed by atoms with Crippen molar-refractivity contribution in [2.24, 2.45) is 5.92 Å². The van der Waals surface area contributed by atoms with Crippen LogP contribution in [0.4, 0.5) is 0 Å². The van der Waals surface area contributed by atoms with Crippen molar-refractivity contribution < 1.29 is 9.84 Å². The molecule has 1 aromatic carbocycles. The molecular formula is C14H18O2. The molecule has 2 atom stereocenters. The third kappa shape index (κ3) is 5.10. The molecule has 1 aromatic rings. The van der Waals surface area contributed by atoms with Crippen molar-refractivity contribution in [3.8, 4) is 0 Å². The highest BCUT2D eigenvalue weighted by Gasteiger charge is 2.05. The minimum absolute atomic E-state index is 0.389. The molecule has 2 unspecified atom stereocenters. The fourth-order valence-corrected chi connectivity index (χ4v) is 1.39. The van der Waals surface area contributed by atoms with Crippen molar-refractivity contribution in [2.45, 2.75) is 26.1 Å². The summed E-state index contributed by atoms with van der Waals surface area (Å²) in [5, 5.41) is 11.0. The fourth-order valence-electron chi connectivity index (χ4n) is 1.39. The van der Waals surface area contributed by atoms with Crippen LogP contribution >= 0.6 is 0 Å². The van der Waals surface area contributed by atoms with E-state index >= 15 is 0 Å². The first-order valence-electron chi connectivity index (χ1n) is 5.56. The second kappa shape index (κ2) is 7.20. The highest BCUT2D eigenvalue weighted by molar-refractivity contribution is 5.48. The van der Waals surface area contributed by atoms with Gasteiger partial charge in [0.25, 0.3) is 0 Å². The lowest BCUT2D eigenvalue weighted by Gasteiger charge is -2.08. The average molecular weight is 218 g/mol. The summed E-state index contributed by atoms with van der Waals surface area (Å²) < 4.78 is 4.68. The molecule has 16 heavy (non-hydrogen) atoms. The maximum atomic E-state index is 11.0. The van der Waals surface area contributed by atoms with E-state index in [4.69, 9.17) is 0 Å². The molecule has 0 fully saturated rings. The number of allylic oxidation sites excluding steroid dienone is 1. The molecule has 0 bridgehead atoms. The summed E-state index contributed by atoms with van der Waals surface area (Å²) >= 11 is 0. The van der Waals surface area contributed by atoms with Gasteiger partial charge in [-0.15, -0.1) is 0 Å². The van der Waals surface area contributed by atoms with E-state index in [0.29, 0.717) is 12.3 Å². The van der Waals surface area contributed by atoms with Crippen LogP contribution in [0.15, 0.2) is 30.3 Å². The molecule has 0 saturated carbocycles. The first-order valence-corrected chi connectivity index (χ1v) is 5.56. The first-order chi connectivity index (χ1) is 7.72. The lowest BCUT2D eigenvalue weighted by Crippen LogP contribution is -2.08. The smallest absolute Gasteiger partial charge is 0.191 e. The summed E-state index contributed by atoms with van der Waals surface area (Å²) in [6.45, 7) is 2.10. The Bertz CT molecular complexity index is 306. The minimum Gasteiger partial charge on any atom is -0.353 e. The van der Waals surface area contributed by atoms with Gasteiger partial charge >= 0.3 is 0 Å². The van der Waals surface area contributed by atoms with Gasteiger partial charge in [0, 0.05) is 13.5 Å². The fraction of sp³-hybridized carbons (Fsp3) is 0.429. The molecule has 2 radical (unpaired) electrons. The molecule has 2 heteroatoms. The molecule has 0 aromatic heterocycles. The molecule has 0 heterocycles. The summed E-state index contributed by atoms with van der Waals surface area (Å²) in [6.07, 6.45) is 4.66. The predicted octanol–water partition coefficient (Wildman–Crippen LogP) is 3.32. The Balaban J connectivity index is 2.34. The normalized spacial score (nSPS) is 15.2. The van der Waals surface area contributed by atoms with Gasteiger partial charge in [-0.25, -0.2) is 5.11 Å². The molecule has 0 amide bonds. The van der Waals surface area contributed by atoms with Gasteiger partial charge in [-0.2, -0.15) is 0 Å². The molecule has 2 nitrogen and oxygen atoms in total. The monoisotopic (exact) mass is 218 g/mol. The maximum absolute atomic E-state index is 11.0. The highest BCUT2D eigenvalue weighted by atomic mass is 16.6. The highest BCUT2D eigenvalue weighted by Crippen LogP contribution is 2.12. The van der Waals surface area contributed by atoms with Crippen molar-refractivity contribution in [1.29, 1.82) is 0 Å². The van der Waals surface area contributed by atoms with Gasteiger partial charge in [0.15, 0.2) is 6.29 Å². The van der Waals surface area contributed by atoms with Gasteiger partial charge in [-0.05, 0) is 24.0 Å². The van der Waals surface area contributed by atoms with Gasteiger partial charge in [0.1, 0.15) is 0 Å². The number of benzene rings is 1. The van der Waals surface area contributed by atoms with Crippen molar-refractivity contribution >= 4 is 6.08 Å². The number of hydrogen-bond acceptors (Lipinski definition) is 1. The van der Waals surface area contributed by atoms with Crippen LogP contribution in [-0.4, -0.2) is 13.4 Å². The number of methoxy groups -OCH3 is 1. The zero-order valence-corrected chi connectivity index (χ0v) is 9.85. The lowest BCUT2D eigenvalue weighted by atomic mass is 10.0. The molecule has 0 N–H and O–H groups in total. The van der Waals surface area contributed by atoms with E-state index in [0.717, 1.165) is 12.0 Å². The number of ether oxygens (including phenoxy) is 1. The maximum Gasteiger partial charge on any atom is 0.191 e. The van der Waals surface area contributed by atoms with Crippen LogP contribution in [-0.2, 0) is 9.84 Å². The molecule has 86 valence electrons. The van der Waals surface area contributed by atoms with Gasteiger partial charge in [0.2, 0.25) is 0 Å². The third-order valence-electron chi connectivity index (χ3n) is 2.46. The topological polar surface area (TPSA) is 29.1 Å². The third-order valence-corrected chi connectivity index (χ3v) is 2.46. The molecule has 0 aliphatic heterocycles. The second-order valence-electron chi connectivity index (χ2n) is 3.90. The molecule has 1 rings (SSSR count). The summed E-state index contributed by atoms with van der Waals surface area (Å²) in [5.41, 5.74) is 1.07. The Morgan fingerprint density at radius 1 is 1.44 bits per heavy atom. The average Bonchev–Trinajstić information content (AvgIpc) is 2.34. The summed E-state index contributed by atoms with van der Waals surface area (Å²) in [7, 11) is 1.46. The van der Waals surface area contributed by atoms with Gasteiger partial charge < -0.3 is 4.74 Å². The summed E-state index contributed by atoms with van der Waals surface area (Å²) in [4.78, 5) is 0. The predicted molar refractivity (Wildman–Crippen MR) is 64.2 cm³/mol. The van der Waals surface area contributed by atoms with Crippen LogP contribution < -0.4 is 0 Å². The van der Waals surface area contributed by atoms with Crippen LogP contribution in [0.5, 0.6) is 0 Å². The van der Waals surface area contributed by atoms with E-state index in [-0.39, 0.29) is 0 Å². The van der Waals surface area contributed by atoms with Crippen molar-refractivity contribution in [3.63, 3.8) is 0 Å². The Hall–Kier alpha value is -1.12. The van der Waals surface area contributed by atoms with Crippen molar-refractivity contribution in [3.05, 3.63) is 42.0 Å². The Morgan fingerprint density at radius 3 is 2.88 bits per heavy atom. The zero-order valence-electron chi connectivity index (χ0n) is 9.85. The zero-order chi connectivity index (χ0) is 11.8. The molecule has 0 aliphatic carbocycles. The number of hydrogen-bond donors (Lipinski definition) is 0. The summed E-state index contributed by atoms with van der Waals surface area (Å²) in [5.74, 6) is 0.389. The largest absolute Gasteiger partial charge is 0.353 e.